The maximum Gasteiger partial charge on any atom is 0.230 e. The number of likely N-dealkylation sites (tertiary alicyclic amines) is 1. The zero-order valence-electron chi connectivity index (χ0n) is 19.1. The van der Waals surface area contributed by atoms with Crippen LogP contribution in [0.3, 0.4) is 0 Å². The fraction of sp³-hybridized carbons (Fsp3) is 0.609. The van der Waals surface area contributed by atoms with E-state index >= 15 is 0 Å². The third-order valence-electron chi connectivity index (χ3n) is 5.45. The van der Waals surface area contributed by atoms with Crippen LogP contribution in [0.1, 0.15) is 58.1 Å². The molecule has 1 aromatic carbocycles. The SMILES string of the molecule is COC1CC=NC(c2ccc(CC(C)C(=O)N3CCC[C@H]3[NH+]([O-])OC(C)(C)C)cc2)=N1. The van der Waals surface area contributed by atoms with Crippen molar-refractivity contribution in [2.24, 2.45) is 15.9 Å². The molecular formula is C23H34N4O4. The molecule has 1 N–H and O–H groups in total. The van der Waals surface area contributed by atoms with Crippen molar-refractivity contribution in [3.05, 3.63) is 40.6 Å². The molecule has 1 aromatic rings. The highest BCUT2D eigenvalue weighted by atomic mass is 16.9. The van der Waals surface area contributed by atoms with Gasteiger partial charge in [-0.3, -0.25) is 9.69 Å². The van der Waals surface area contributed by atoms with E-state index in [9.17, 15) is 10.0 Å². The van der Waals surface area contributed by atoms with Crippen LogP contribution in [-0.2, 0) is 20.8 Å². The molecule has 1 fully saturated rings. The first-order valence-electron chi connectivity index (χ1n) is 10.9. The summed E-state index contributed by atoms with van der Waals surface area (Å²) in [4.78, 5) is 29.1. The van der Waals surface area contributed by atoms with E-state index in [2.05, 4.69) is 9.98 Å². The van der Waals surface area contributed by atoms with Gasteiger partial charge in [0, 0.05) is 44.2 Å². The molecule has 3 rings (SSSR count). The van der Waals surface area contributed by atoms with Gasteiger partial charge < -0.3 is 9.94 Å². The van der Waals surface area contributed by atoms with Gasteiger partial charge in [0.2, 0.25) is 5.91 Å². The minimum absolute atomic E-state index is 0.00151. The summed E-state index contributed by atoms with van der Waals surface area (Å²) in [5.41, 5.74) is 1.42. The van der Waals surface area contributed by atoms with E-state index in [1.807, 2.05) is 58.2 Å². The Morgan fingerprint density at radius 2 is 2.03 bits per heavy atom. The molecule has 2 aliphatic heterocycles. The largest absolute Gasteiger partial charge is 0.598 e. The number of quaternary nitrogens is 1. The van der Waals surface area contributed by atoms with Crippen molar-refractivity contribution in [3.8, 4) is 0 Å². The molecule has 0 aliphatic carbocycles. The Morgan fingerprint density at radius 1 is 1.32 bits per heavy atom. The molecule has 2 heterocycles. The van der Waals surface area contributed by atoms with E-state index in [0.717, 1.165) is 17.5 Å². The summed E-state index contributed by atoms with van der Waals surface area (Å²) < 4.78 is 5.29. The maximum atomic E-state index is 13.1. The van der Waals surface area contributed by atoms with Gasteiger partial charge in [0.1, 0.15) is 5.60 Å². The summed E-state index contributed by atoms with van der Waals surface area (Å²) in [5.74, 6) is 0.435. The number of hydrogen-bond acceptors (Lipinski definition) is 6. The Morgan fingerprint density at radius 3 is 2.68 bits per heavy atom. The van der Waals surface area contributed by atoms with Gasteiger partial charge in [0.05, 0.1) is 0 Å². The molecular weight excluding hydrogens is 396 g/mol. The van der Waals surface area contributed by atoms with Crippen molar-refractivity contribution in [1.82, 2.24) is 4.90 Å². The lowest BCUT2D eigenvalue weighted by Gasteiger charge is -2.36. The van der Waals surface area contributed by atoms with Gasteiger partial charge in [-0.15, -0.1) is 0 Å². The minimum atomic E-state index is -0.558. The molecule has 0 radical (unpaired) electrons. The van der Waals surface area contributed by atoms with Gasteiger partial charge in [-0.2, -0.15) is 4.84 Å². The number of nitrogens with one attached hydrogen (secondary N) is 1. The molecule has 0 aromatic heterocycles. The molecule has 170 valence electrons. The molecule has 2 aliphatic rings. The van der Waals surface area contributed by atoms with Crippen molar-refractivity contribution < 1.29 is 19.6 Å². The topological polar surface area (TPSA) is 91.0 Å². The second kappa shape index (κ2) is 9.99. The summed E-state index contributed by atoms with van der Waals surface area (Å²) in [6.45, 7) is 8.05. The molecule has 31 heavy (non-hydrogen) atoms. The lowest BCUT2D eigenvalue weighted by molar-refractivity contribution is -1.09. The monoisotopic (exact) mass is 430 g/mol. The average Bonchev–Trinajstić information content (AvgIpc) is 3.22. The summed E-state index contributed by atoms with van der Waals surface area (Å²) >= 11 is 0. The molecule has 0 bridgehead atoms. The van der Waals surface area contributed by atoms with Crippen molar-refractivity contribution in [2.75, 3.05) is 13.7 Å². The fourth-order valence-electron chi connectivity index (χ4n) is 3.91. The zero-order valence-corrected chi connectivity index (χ0v) is 19.1. The number of hydrogen-bond donors (Lipinski definition) is 1. The predicted molar refractivity (Wildman–Crippen MR) is 120 cm³/mol. The van der Waals surface area contributed by atoms with Crippen LogP contribution < -0.4 is 5.23 Å². The van der Waals surface area contributed by atoms with Gasteiger partial charge in [0.25, 0.3) is 0 Å². The molecule has 4 atom stereocenters. The zero-order chi connectivity index (χ0) is 22.6. The van der Waals surface area contributed by atoms with Crippen molar-refractivity contribution in [1.29, 1.82) is 0 Å². The fourth-order valence-corrected chi connectivity index (χ4v) is 3.91. The summed E-state index contributed by atoms with van der Waals surface area (Å²) in [6.07, 6.45) is 3.92. The molecule has 0 spiro atoms. The van der Waals surface area contributed by atoms with E-state index in [4.69, 9.17) is 9.57 Å². The van der Waals surface area contributed by atoms with Gasteiger partial charge in [0.15, 0.2) is 18.2 Å². The van der Waals surface area contributed by atoms with Crippen LogP contribution in [0, 0.1) is 11.1 Å². The Hall–Kier alpha value is -2.13. The third-order valence-corrected chi connectivity index (χ3v) is 5.45. The van der Waals surface area contributed by atoms with Gasteiger partial charge in [-0.1, -0.05) is 31.2 Å². The number of carbonyl (C=O) groups excluding carboxylic acids is 1. The summed E-state index contributed by atoms with van der Waals surface area (Å²) in [6, 6.07) is 7.95. The van der Waals surface area contributed by atoms with Crippen molar-refractivity contribution >= 4 is 18.0 Å². The second-order valence-corrected chi connectivity index (χ2v) is 9.22. The third kappa shape index (κ3) is 6.20. The highest BCUT2D eigenvalue weighted by molar-refractivity contribution is 6.04. The quantitative estimate of drug-likeness (QED) is 0.671. The van der Waals surface area contributed by atoms with Crippen LogP contribution in [0.15, 0.2) is 34.3 Å². The first-order chi connectivity index (χ1) is 14.7. The molecule has 8 nitrogen and oxygen atoms in total. The molecule has 0 saturated carbocycles. The number of hydroxylamine groups is 2. The van der Waals surface area contributed by atoms with Crippen molar-refractivity contribution in [3.63, 3.8) is 0 Å². The molecule has 1 amide bonds. The van der Waals surface area contributed by atoms with E-state index in [-0.39, 0.29) is 23.3 Å². The van der Waals surface area contributed by atoms with Gasteiger partial charge >= 0.3 is 0 Å². The molecule has 1 saturated heterocycles. The second-order valence-electron chi connectivity index (χ2n) is 9.22. The first-order valence-corrected chi connectivity index (χ1v) is 10.9. The number of benzene rings is 1. The highest BCUT2D eigenvalue weighted by Crippen LogP contribution is 2.20. The number of rotatable bonds is 7. The Balaban J connectivity index is 1.61. The number of amides is 1. The van der Waals surface area contributed by atoms with E-state index in [1.54, 1.807) is 12.0 Å². The Kier molecular flexibility index (Phi) is 7.59. The summed E-state index contributed by atoms with van der Waals surface area (Å²) in [5, 5.41) is 12.2. The van der Waals surface area contributed by atoms with Crippen LogP contribution in [0.5, 0.6) is 0 Å². The minimum Gasteiger partial charge on any atom is -0.598 e. The van der Waals surface area contributed by atoms with Gasteiger partial charge in [-0.05, 0) is 39.2 Å². The molecule has 3 unspecified atom stereocenters. The number of methoxy groups -OCH3 is 1. The van der Waals surface area contributed by atoms with Crippen LogP contribution in [-0.4, -0.2) is 54.5 Å². The van der Waals surface area contributed by atoms with E-state index in [0.29, 0.717) is 31.6 Å². The number of amidine groups is 1. The predicted octanol–water partition coefficient (Wildman–Crippen LogP) is 2.12. The van der Waals surface area contributed by atoms with Crippen molar-refractivity contribution in [2.45, 2.75) is 71.4 Å². The maximum absolute atomic E-state index is 13.1. The highest BCUT2D eigenvalue weighted by Gasteiger charge is 2.37. The average molecular weight is 431 g/mol. The van der Waals surface area contributed by atoms with Crippen LogP contribution in [0.4, 0.5) is 0 Å². The molecule has 8 heteroatoms. The summed E-state index contributed by atoms with van der Waals surface area (Å²) in [7, 11) is 1.64. The lowest BCUT2D eigenvalue weighted by atomic mass is 9.98. The Labute approximate surface area is 184 Å². The standard InChI is InChI=1S/C23H34N4O4/c1-16(22(28)26-14-6-7-20(26)27(29)31-23(2,3)4)15-17-8-10-18(11-9-17)21-24-13-12-19(25-21)30-5/h8-11,13,16,19-20,27H,6-7,12,14-15H2,1-5H3/t16?,19?,20-/m1/s1. The number of nitrogens with zero attached hydrogens (tertiary/aromatic N) is 3. The number of ether oxygens (including phenoxy) is 1. The van der Waals surface area contributed by atoms with Gasteiger partial charge in [-0.25, -0.2) is 15.2 Å². The normalized spacial score (nSPS) is 23.5. The first kappa shape index (κ1) is 23.5. The lowest BCUT2D eigenvalue weighted by Crippen LogP contribution is -3.13. The van der Waals surface area contributed by atoms with E-state index in [1.165, 1.54) is 0 Å². The Bertz CT molecular complexity index is 816. The van der Waals surface area contributed by atoms with E-state index < -0.39 is 11.8 Å². The number of aliphatic imine (C=N–C) groups is 2. The van der Waals surface area contributed by atoms with Crippen LogP contribution in [0.25, 0.3) is 0 Å². The van der Waals surface area contributed by atoms with Crippen LogP contribution >= 0.6 is 0 Å². The number of carbonyl (C=O) groups is 1. The smallest absolute Gasteiger partial charge is 0.230 e. The van der Waals surface area contributed by atoms with Crippen LogP contribution in [0.2, 0.25) is 0 Å².